The first-order valence-corrected chi connectivity index (χ1v) is 15.3. The van der Waals surface area contributed by atoms with Crippen LogP contribution in [0.3, 0.4) is 0 Å². The molecule has 0 fully saturated rings. The highest BCUT2D eigenvalue weighted by molar-refractivity contribution is 7.99. The Morgan fingerprint density at radius 3 is 2.37 bits per heavy atom. The van der Waals surface area contributed by atoms with Crippen LogP contribution in [-0.4, -0.2) is 19.3 Å². The van der Waals surface area contributed by atoms with Crippen molar-refractivity contribution < 1.29 is 18.3 Å². The molecular formula is C29H36Cl2NO4PS. The van der Waals surface area contributed by atoms with Crippen LogP contribution in [0, 0.1) is 0 Å². The average molecular weight is 597 g/mol. The molecule has 0 amide bonds. The number of ether oxygens (including phenoxy) is 1. The number of halogens is 2. The fraction of sp³-hybridized carbons (Fsp3) is 0.310. The van der Waals surface area contributed by atoms with E-state index in [4.69, 9.17) is 31.1 Å². The maximum atomic E-state index is 12.5. The van der Waals surface area contributed by atoms with E-state index in [1.165, 1.54) is 5.82 Å². The maximum Gasteiger partial charge on any atom is 0.353 e. The number of hydrogen-bond acceptors (Lipinski definition) is 6. The summed E-state index contributed by atoms with van der Waals surface area (Å²) in [6.07, 6.45) is 4.11. The Balaban J connectivity index is 0.00000507. The lowest BCUT2D eigenvalue weighted by Gasteiger charge is -2.14. The molecule has 0 aliphatic rings. The first-order chi connectivity index (χ1) is 17.9. The summed E-state index contributed by atoms with van der Waals surface area (Å²) in [5.41, 5.74) is 8.40. The van der Waals surface area contributed by atoms with Gasteiger partial charge in [0, 0.05) is 26.7 Å². The van der Waals surface area contributed by atoms with Gasteiger partial charge in [0.1, 0.15) is 12.4 Å². The second-order valence-corrected chi connectivity index (χ2v) is 11.8. The fourth-order valence-electron chi connectivity index (χ4n) is 3.62. The van der Waals surface area contributed by atoms with E-state index in [1.54, 1.807) is 31.7 Å². The third-order valence-electron chi connectivity index (χ3n) is 5.43. The summed E-state index contributed by atoms with van der Waals surface area (Å²) in [6, 6.07) is 24.1. The molecule has 0 aliphatic heterocycles. The maximum absolute atomic E-state index is 12.5. The molecule has 3 aromatic carbocycles. The van der Waals surface area contributed by atoms with Gasteiger partial charge in [0.25, 0.3) is 0 Å². The lowest BCUT2D eigenvalue weighted by molar-refractivity contribution is 0.228. The van der Waals surface area contributed by atoms with Gasteiger partial charge in [-0.3, -0.25) is 4.57 Å². The molecule has 1 unspecified atom stereocenters. The number of rotatable bonds is 15. The first-order valence-electron chi connectivity index (χ1n) is 12.5. The number of hydrogen-bond donors (Lipinski definition) is 1. The van der Waals surface area contributed by atoms with Crippen molar-refractivity contribution in [3.05, 3.63) is 101 Å². The largest absolute Gasteiger partial charge is 0.489 e. The van der Waals surface area contributed by atoms with Crippen LogP contribution in [0.4, 0.5) is 0 Å². The van der Waals surface area contributed by atoms with E-state index in [-0.39, 0.29) is 18.4 Å². The van der Waals surface area contributed by atoms with E-state index in [9.17, 15) is 4.57 Å². The van der Waals surface area contributed by atoms with Crippen LogP contribution >= 0.6 is 43.4 Å². The number of benzene rings is 3. The van der Waals surface area contributed by atoms with Crippen molar-refractivity contribution in [3.63, 3.8) is 0 Å². The van der Waals surface area contributed by atoms with Crippen LogP contribution in [-0.2, 0) is 26.6 Å². The van der Waals surface area contributed by atoms with Crippen molar-refractivity contribution in [2.24, 2.45) is 5.73 Å². The molecule has 0 radical (unpaired) electrons. The van der Waals surface area contributed by atoms with Gasteiger partial charge >= 0.3 is 7.60 Å². The quantitative estimate of drug-likeness (QED) is 0.177. The van der Waals surface area contributed by atoms with E-state index in [0.717, 1.165) is 51.0 Å². The molecule has 0 heterocycles. The normalized spacial score (nSPS) is 12.3. The van der Waals surface area contributed by atoms with E-state index >= 15 is 0 Å². The second-order valence-electron chi connectivity index (χ2n) is 8.38. The highest BCUT2D eigenvalue weighted by atomic mass is 35.5. The second kappa shape index (κ2) is 17.0. The Hall–Kier alpha value is -1.76. The Bertz CT molecular complexity index is 1190. The standard InChI is InChI=1S/C29H35ClNO4PS.ClH/c1-3-34-36(32,35-4-2)19-18-25(31)13-8-12-24-16-17-28(21-29(24)30)37-27-15-9-14-26(20-27)33-22-23-10-6-5-7-11-23;/h5-7,9-11,14-21,25H,3-4,8,12-13,22,31H2,1-2H3;1H. The van der Waals surface area contributed by atoms with Crippen molar-refractivity contribution in [2.75, 3.05) is 13.2 Å². The predicted molar refractivity (Wildman–Crippen MR) is 161 cm³/mol. The smallest absolute Gasteiger partial charge is 0.353 e. The Morgan fingerprint density at radius 2 is 1.68 bits per heavy atom. The third-order valence-corrected chi connectivity index (χ3v) is 8.54. The Morgan fingerprint density at radius 1 is 0.974 bits per heavy atom. The molecule has 0 saturated carbocycles. The van der Waals surface area contributed by atoms with Gasteiger partial charge in [-0.05, 0) is 74.6 Å². The van der Waals surface area contributed by atoms with E-state index in [0.29, 0.717) is 19.8 Å². The van der Waals surface area contributed by atoms with E-state index < -0.39 is 7.60 Å². The summed E-state index contributed by atoms with van der Waals surface area (Å²) in [6.45, 7) is 4.73. The topological polar surface area (TPSA) is 70.8 Å². The van der Waals surface area contributed by atoms with E-state index in [1.807, 2.05) is 42.5 Å². The minimum atomic E-state index is -3.22. The van der Waals surface area contributed by atoms with Gasteiger partial charge in [-0.1, -0.05) is 71.9 Å². The summed E-state index contributed by atoms with van der Waals surface area (Å²) in [7, 11) is -3.22. The fourth-order valence-corrected chi connectivity index (χ4v) is 6.27. The van der Waals surface area contributed by atoms with Crippen LogP contribution in [0.25, 0.3) is 0 Å². The van der Waals surface area contributed by atoms with Gasteiger partial charge < -0.3 is 19.5 Å². The van der Waals surface area contributed by atoms with Crippen molar-refractivity contribution in [3.8, 4) is 5.75 Å². The van der Waals surface area contributed by atoms with Crippen LogP contribution in [0.15, 0.2) is 94.5 Å². The zero-order valence-electron chi connectivity index (χ0n) is 21.8. The van der Waals surface area contributed by atoms with Crippen LogP contribution in [0.1, 0.15) is 37.8 Å². The molecule has 0 bridgehead atoms. The van der Waals surface area contributed by atoms with Crippen LogP contribution in [0.5, 0.6) is 5.75 Å². The van der Waals surface area contributed by atoms with Gasteiger partial charge in [-0.2, -0.15) is 0 Å². The Kier molecular flexibility index (Phi) is 14.6. The van der Waals surface area contributed by atoms with Crippen molar-refractivity contribution in [2.45, 2.75) is 55.5 Å². The molecule has 0 saturated heterocycles. The van der Waals surface area contributed by atoms with Gasteiger partial charge in [0.15, 0.2) is 0 Å². The average Bonchev–Trinajstić information content (AvgIpc) is 2.89. The minimum Gasteiger partial charge on any atom is -0.489 e. The van der Waals surface area contributed by atoms with Gasteiger partial charge in [-0.25, -0.2) is 0 Å². The molecule has 2 N–H and O–H groups in total. The first kappa shape index (κ1) is 32.5. The minimum absolute atomic E-state index is 0. The summed E-state index contributed by atoms with van der Waals surface area (Å²) in [4.78, 5) is 2.15. The molecule has 0 aromatic heterocycles. The summed E-state index contributed by atoms with van der Waals surface area (Å²) < 4.78 is 29.0. The molecule has 0 spiro atoms. The molecule has 5 nitrogen and oxygen atoms in total. The zero-order valence-corrected chi connectivity index (χ0v) is 25.0. The SMILES string of the molecule is CCOP(=O)(C=CC(N)CCCc1ccc(Sc2cccc(OCc3ccccc3)c2)cc1Cl)OCC.Cl. The van der Waals surface area contributed by atoms with Crippen molar-refractivity contribution in [1.29, 1.82) is 0 Å². The predicted octanol–water partition coefficient (Wildman–Crippen LogP) is 8.92. The summed E-state index contributed by atoms with van der Waals surface area (Å²) in [5, 5.41) is 0.739. The van der Waals surface area contributed by atoms with Gasteiger partial charge in [-0.15, -0.1) is 12.4 Å². The van der Waals surface area contributed by atoms with Crippen LogP contribution < -0.4 is 10.5 Å². The molecule has 9 heteroatoms. The van der Waals surface area contributed by atoms with Gasteiger partial charge in [0.05, 0.1) is 13.2 Å². The lowest BCUT2D eigenvalue weighted by atomic mass is 10.1. The molecular weight excluding hydrogens is 560 g/mol. The van der Waals surface area contributed by atoms with Crippen molar-refractivity contribution in [1.82, 2.24) is 0 Å². The van der Waals surface area contributed by atoms with Crippen LogP contribution in [0.2, 0.25) is 5.02 Å². The lowest BCUT2D eigenvalue weighted by Crippen LogP contribution is -2.16. The molecule has 206 valence electrons. The number of nitrogens with two attached hydrogens (primary N) is 1. The number of aryl methyl sites for hydroxylation is 1. The highest BCUT2D eigenvalue weighted by Gasteiger charge is 2.19. The Labute approximate surface area is 242 Å². The molecule has 3 rings (SSSR count). The van der Waals surface area contributed by atoms with Crippen molar-refractivity contribution >= 4 is 43.4 Å². The highest BCUT2D eigenvalue weighted by Crippen LogP contribution is 2.49. The monoisotopic (exact) mass is 595 g/mol. The third kappa shape index (κ3) is 11.2. The molecule has 1 atom stereocenters. The molecule has 3 aromatic rings. The van der Waals surface area contributed by atoms with E-state index in [2.05, 4.69) is 30.3 Å². The zero-order chi connectivity index (χ0) is 26.5. The summed E-state index contributed by atoms with van der Waals surface area (Å²) >= 11 is 8.25. The summed E-state index contributed by atoms with van der Waals surface area (Å²) in [5.74, 6) is 2.31. The molecule has 0 aliphatic carbocycles. The molecule has 38 heavy (non-hydrogen) atoms. The van der Waals surface area contributed by atoms with Gasteiger partial charge in [0.2, 0.25) is 0 Å².